The van der Waals surface area contributed by atoms with E-state index in [0.717, 1.165) is 30.9 Å². The number of benzene rings is 1. The monoisotopic (exact) mass is 274 g/mol. The van der Waals surface area contributed by atoms with Crippen molar-refractivity contribution in [2.75, 3.05) is 6.61 Å². The third kappa shape index (κ3) is 2.38. The van der Waals surface area contributed by atoms with Gasteiger partial charge in [0.25, 0.3) is 0 Å². The molecule has 1 aliphatic heterocycles. The van der Waals surface area contributed by atoms with Gasteiger partial charge in [-0.05, 0) is 24.5 Å². The minimum Gasteiger partial charge on any atom is -0.493 e. The summed E-state index contributed by atoms with van der Waals surface area (Å²) >= 11 is 1.75. The molecule has 2 N–H and O–H groups in total. The second kappa shape index (κ2) is 5.31. The number of rotatable bonds is 3. The van der Waals surface area contributed by atoms with Gasteiger partial charge in [-0.3, -0.25) is 0 Å². The fourth-order valence-corrected chi connectivity index (χ4v) is 3.62. The van der Waals surface area contributed by atoms with Gasteiger partial charge in [0, 0.05) is 17.3 Å². The smallest absolute Gasteiger partial charge is 0.122 e. The molecule has 0 saturated carbocycles. The maximum Gasteiger partial charge on any atom is 0.122 e. The van der Waals surface area contributed by atoms with Gasteiger partial charge in [-0.15, -0.1) is 11.3 Å². The first-order valence-corrected chi connectivity index (χ1v) is 7.52. The van der Waals surface area contributed by atoms with Crippen molar-refractivity contribution in [3.05, 3.63) is 45.4 Å². The number of aryl methyl sites for hydroxylation is 1. The van der Waals surface area contributed by atoms with Gasteiger partial charge in [-0.2, -0.15) is 0 Å². The SMILES string of the molecule is CCc1nc(C2COc3ccccc3C2)sc1CN. The Balaban J connectivity index is 1.86. The molecule has 0 amide bonds. The summed E-state index contributed by atoms with van der Waals surface area (Å²) in [7, 11) is 0. The molecule has 2 heterocycles. The van der Waals surface area contributed by atoms with E-state index in [1.54, 1.807) is 11.3 Å². The van der Waals surface area contributed by atoms with Crippen molar-refractivity contribution >= 4 is 11.3 Å². The number of nitrogens with two attached hydrogens (primary N) is 1. The molecular weight excluding hydrogens is 256 g/mol. The van der Waals surface area contributed by atoms with Crippen LogP contribution in [0, 0.1) is 0 Å². The fourth-order valence-electron chi connectivity index (χ4n) is 2.50. The molecule has 19 heavy (non-hydrogen) atoms. The number of fused-ring (bicyclic) bond motifs is 1. The van der Waals surface area contributed by atoms with Crippen LogP contribution in [0.2, 0.25) is 0 Å². The van der Waals surface area contributed by atoms with Crippen LogP contribution in [0.3, 0.4) is 0 Å². The number of nitrogens with zero attached hydrogens (tertiary/aromatic N) is 1. The summed E-state index contributed by atoms with van der Waals surface area (Å²) in [6, 6.07) is 8.26. The highest BCUT2D eigenvalue weighted by Crippen LogP contribution is 2.34. The van der Waals surface area contributed by atoms with E-state index in [-0.39, 0.29) is 0 Å². The van der Waals surface area contributed by atoms with Crippen LogP contribution >= 0.6 is 11.3 Å². The largest absolute Gasteiger partial charge is 0.493 e. The highest BCUT2D eigenvalue weighted by molar-refractivity contribution is 7.11. The molecule has 0 spiro atoms. The summed E-state index contributed by atoms with van der Waals surface area (Å²) in [5.74, 6) is 1.38. The van der Waals surface area contributed by atoms with Gasteiger partial charge < -0.3 is 10.5 Å². The van der Waals surface area contributed by atoms with Gasteiger partial charge in [0.1, 0.15) is 5.75 Å². The first kappa shape index (κ1) is 12.6. The van der Waals surface area contributed by atoms with Crippen LogP contribution in [-0.4, -0.2) is 11.6 Å². The summed E-state index contributed by atoms with van der Waals surface area (Å²) in [6.07, 6.45) is 1.96. The van der Waals surface area contributed by atoms with Gasteiger partial charge in [-0.1, -0.05) is 25.1 Å². The molecule has 100 valence electrons. The van der Waals surface area contributed by atoms with Crippen LogP contribution in [0.25, 0.3) is 0 Å². The predicted molar refractivity (Wildman–Crippen MR) is 77.8 cm³/mol. The van der Waals surface area contributed by atoms with Crippen molar-refractivity contribution in [1.82, 2.24) is 4.98 Å². The molecule has 1 aromatic carbocycles. The first-order chi connectivity index (χ1) is 9.31. The highest BCUT2D eigenvalue weighted by Gasteiger charge is 2.24. The summed E-state index contributed by atoms with van der Waals surface area (Å²) in [5, 5.41) is 1.17. The molecule has 1 atom stereocenters. The van der Waals surface area contributed by atoms with E-state index in [1.165, 1.54) is 15.4 Å². The molecule has 3 nitrogen and oxygen atoms in total. The van der Waals surface area contributed by atoms with Crippen molar-refractivity contribution < 1.29 is 4.74 Å². The Morgan fingerprint density at radius 1 is 1.42 bits per heavy atom. The van der Waals surface area contributed by atoms with Crippen LogP contribution in [0.4, 0.5) is 0 Å². The third-order valence-corrected chi connectivity index (χ3v) is 4.83. The number of thiazole rings is 1. The quantitative estimate of drug-likeness (QED) is 0.936. The average Bonchev–Trinajstić information content (AvgIpc) is 2.90. The number of hydrogen-bond donors (Lipinski definition) is 1. The molecule has 0 aliphatic carbocycles. The summed E-state index contributed by atoms with van der Waals surface area (Å²) in [5.41, 5.74) is 8.22. The van der Waals surface area contributed by atoms with E-state index in [2.05, 4.69) is 19.1 Å². The molecule has 0 fully saturated rings. The average molecular weight is 274 g/mol. The van der Waals surface area contributed by atoms with Crippen molar-refractivity contribution in [2.45, 2.75) is 32.2 Å². The number of aromatic nitrogens is 1. The molecule has 4 heteroatoms. The Kier molecular flexibility index (Phi) is 3.53. The lowest BCUT2D eigenvalue weighted by molar-refractivity contribution is 0.262. The van der Waals surface area contributed by atoms with Gasteiger partial charge in [0.15, 0.2) is 0 Å². The number of hydrogen-bond acceptors (Lipinski definition) is 4. The Morgan fingerprint density at radius 2 is 2.26 bits per heavy atom. The van der Waals surface area contributed by atoms with Gasteiger partial charge in [0.05, 0.1) is 17.3 Å². The van der Waals surface area contributed by atoms with Crippen molar-refractivity contribution in [3.8, 4) is 5.75 Å². The molecule has 1 unspecified atom stereocenters. The predicted octanol–water partition coefficient (Wildman–Crippen LogP) is 2.88. The number of ether oxygens (including phenoxy) is 1. The minimum atomic E-state index is 0.366. The zero-order valence-electron chi connectivity index (χ0n) is 11.1. The number of para-hydroxylation sites is 1. The molecule has 3 rings (SSSR count). The molecule has 1 aliphatic rings. The molecule has 0 saturated heterocycles. The Morgan fingerprint density at radius 3 is 3.00 bits per heavy atom. The summed E-state index contributed by atoms with van der Waals surface area (Å²) < 4.78 is 5.84. The Bertz CT molecular complexity index is 558. The maximum atomic E-state index is 5.84. The third-order valence-electron chi connectivity index (χ3n) is 3.54. The normalized spacial score (nSPS) is 17.9. The summed E-state index contributed by atoms with van der Waals surface area (Å²) in [6.45, 7) is 3.44. The van der Waals surface area contributed by atoms with E-state index in [0.29, 0.717) is 12.5 Å². The van der Waals surface area contributed by atoms with Crippen LogP contribution in [-0.2, 0) is 19.4 Å². The molecule has 0 bridgehead atoms. The second-order valence-corrected chi connectivity index (χ2v) is 5.91. The Labute approximate surface area is 117 Å². The lowest BCUT2D eigenvalue weighted by Crippen LogP contribution is -2.19. The van der Waals surface area contributed by atoms with Crippen LogP contribution in [0.1, 0.15) is 34.0 Å². The van der Waals surface area contributed by atoms with Crippen molar-refractivity contribution in [2.24, 2.45) is 5.73 Å². The van der Waals surface area contributed by atoms with Gasteiger partial charge in [-0.25, -0.2) is 4.98 Å². The van der Waals surface area contributed by atoms with E-state index in [9.17, 15) is 0 Å². The van der Waals surface area contributed by atoms with Gasteiger partial charge >= 0.3 is 0 Å². The van der Waals surface area contributed by atoms with E-state index >= 15 is 0 Å². The fraction of sp³-hybridized carbons (Fsp3) is 0.400. The molecule has 0 radical (unpaired) electrons. The van der Waals surface area contributed by atoms with Gasteiger partial charge in [0.2, 0.25) is 0 Å². The van der Waals surface area contributed by atoms with Crippen LogP contribution in [0.5, 0.6) is 5.75 Å². The highest BCUT2D eigenvalue weighted by atomic mass is 32.1. The second-order valence-electron chi connectivity index (χ2n) is 4.80. The van der Waals surface area contributed by atoms with E-state index < -0.39 is 0 Å². The lowest BCUT2D eigenvalue weighted by Gasteiger charge is -2.23. The zero-order chi connectivity index (χ0) is 13.2. The van der Waals surface area contributed by atoms with E-state index in [4.69, 9.17) is 15.5 Å². The topological polar surface area (TPSA) is 48.1 Å². The molecule has 1 aromatic heterocycles. The van der Waals surface area contributed by atoms with Crippen LogP contribution in [0.15, 0.2) is 24.3 Å². The lowest BCUT2D eigenvalue weighted by atomic mass is 9.97. The molecule has 2 aromatic rings. The standard InChI is InChI=1S/C15H18N2OS/c1-2-12-14(8-16)19-15(17-12)11-7-10-5-3-4-6-13(10)18-9-11/h3-6,11H,2,7-9,16H2,1H3. The first-order valence-electron chi connectivity index (χ1n) is 6.71. The van der Waals surface area contributed by atoms with Crippen molar-refractivity contribution in [3.63, 3.8) is 0 Å². The molecular formula is C15H18N2OS. The summed E-state index contributed by atoms with van der Waals surface area (Å²) in [4.78, 5) is 5.97. The van der Waals surface area contributed by atoms with E-state index in [1.807, 2.05) is 12.1 Å². The van der Waals surface area contributed by atoms with Crippen LogP contribution < -0.4 is 10.5 Å². The van der Waals surface area contributed by atoms with Crippen molar-refractivity contribution in [1.29, 1.82) is 0 Å². The Hall–Kier alpha value is -1.39. The minimum absolute atomic E-state index is 0.366. The zero-order valence-corrected chi connectivity index (χ0v) is 11.9. The maximum absolute atomic E-state index is 5.84.